The van der Waals surface area contributed by atoms with E-state index in [0.29, 0.717) is 5.69 Å². The number of esters is 1. The Balaban J connectivity index is 2.18. The summed E-state index contributed by atoms with van der Waals surface area (Å²) in [6.07, 6.45) is 4.35. The molecule has 1 aliphatic carbocycles. The number of nitrogens with one attached hydrogen (secondary N) is 1. The van der Waals surface area contributed by atoms with E-state index in [1.165, 1.54) is 13.3 Å². The average Bonchev–Trinajstić information content (AvgIpc) is 2.83. The molecular formula is C12H17ClN4O3. The summed E-state index contributed by atoms with van der Waals surface area (Å²) >= 11 is 6.02. The van der Waals surface area contributed by atoms with E-state index in [-0.39, 0.29) is 23.7 Å². The SMILES string of the molecule is COC(=O)Cn1ncc(NC2CCCC2N)c(Cl)c1=O. The molecule has 110 valence electrons. The molecule has 1 aromatic rings. The van der Waals surface area contributed by atoms with Crippen LogP contribution in [0.1, 0.15) is 19.3 Å². The Morgan fingerprint density at radius 1 is 1.65 bits per heavy atom. The van der Waals surface area contributed by atoms with Gasteiger partial charge < -0.3 is 15.8 Å². The number of aromatic nitrogens is 2. The standard InChI is InChI=1S/C12H17ClN4O3/c1-20-10(18)6-17-12(19)11(13)9(5-15-17)16-8-4-2-3-7(8)14/h5,7-8,16H,2-4,6,14H2,1H3. The molecule has 8 heteroatoms. The fourth-order valence-electron chi connectivity index (χ4n) is 2.23. The lowest BCUT2D eigenvalue weighted by Crippen LogP contribution is -2.36. The van der Waals surface area contributed by atoms with Crippen molar-refractivity contribution in [3.8, 4) is 0 Å². The maximum atomic E-state index is 12.0. The van der Waals surface area contributed by atoms with Crippen molar-refractivity contribution in [1.82, 2.24) is 9.78 Å². The van der Waals surface area contributed by atoms with Gasteiger partial charge in [0.1, 0.15) is 11.6 Å². The molecular weight excluding hydrogens is 284 g/mol. The number of halogens is 1. The van der Waals surface area contributed by atoms with Crippen molar-refractivity contribution in [2.75, 3.05) is 12.4 Å². The van der Waals surface area contributed by atoms with E-state index < -0.39 is 11.5 Å². The molecule has 2 unspecified atom stereocenters. The van der Waals surface area contributed by atoms with E-state index >= 15 is 0 Å². The Bertz CT molecular complexity index is 560. The van der Waals surface area contributed by atoms with Crippen molar-refractivity contribution in [3.05, 3.63) is 21.6 Å². The number of hydrogen-bond donors (Lipinski definition) is 2. The highest BCUT2D eigenvalue weighted by Crippen LogP contribution is 2.24. The molecule has 0 saturated heterocycles. The second kappa shape index (κ2) is 6.23. The zero-order valence-corrected chi connectivity index (χ0v) is 11.9. The van der Waals surface area contributed by atoms with Gasteiger partial charge in [0.25, 0.3) is 5.56 Å². The molecule has 1 saturated carbocycles. The lowest BCUT2D eigenvalue weighted by molar-refractivity contribution is -0.141. The number of nitrogens with two attached hydrogens (primary N) is 1. The molecule has 0 amide bonds. The number of carbonyl (C=O) groups is 1. The molecule has 1 aliphatic rings. The fraction of sp³-hybridized carbons (Fsp3) is 0.583. The Morgan fingerprint density at radius 3 is 3.00 bits per heavy atom. The van der Waals surface area contributed by atoms with E-state index in [4.69, 9.17) is 17.3 Å². The lowest BCUT2D eigenvalue weighted by atomic mass is 10.2. The molecule has 0 spiro atoms. The minimum atomic E-state index is -0.561. The average molecular weight is 301 g/mol. The van der Waals surface area contributed by atoms with Gasteiger partial charge in [0, 0.05) is 12.1 Å². The van der Waals surface area contributed by atoms with Gasteiger partial charge in [-0.2, -0.15) is 5.10 Å². The molecule has 3 N–H and O–H groups in total. The van der Waals surface area contributed by atoms with Gasteiger partial charge in [-0.25, -0.2) is 4.68 Å². The summed E-state index contributed by atoms with van der Waals surface area (Å²) in [6, 6.07) is 0.133. The quantitative estimate of drug-likeness (QED) is 0.779. The van der Waals surface area contributed by atoms with Gasteiger partial charge in [0.2, 0.25) is 0 Å². The highest BCUT2D eigenvalue weighted by molar-refractivity contribution is 6.32. The van der Waals surface area contributed by atoms with Crippen molar-refractivity contribution < 1.29 is 9.53 Å². The number of ether oxygens (including phenoxy) is 1. The Kier molecular flexibility index (Phi) is 4.61. The van der Waals surface area contributed by atoms with Crippen LogP contribution in [0, 0.1) is 0 Å². The minimum absolute atomic E-state index is 0.00278. The van der Waals surface area contributed by atoms with Crippen LogP contribution < -0.4 is 16.6 Å². The summed E-state index contributed by atoms with van der Waals surface area (Å²) in [5.74, 6) is -0.561. The Morgan fingerprint density at radius 2 is 2.40 bits per heavy atom. The zero-order valence-electron chi connectivity index (χ0n) is 11.1. The van der Waals surface area contributed by atoms with Crippen molar-refractivity contribution >= 4 is 23.3 Å². The maximum absolute atomic E-state index is 12.0. The normalized spacial score (nSPS) is 21.8. The maximum Gasteiger partial charge on any atom is 0.327 e. The summed E-state index contributed by atoms with van der Waals surface area (Å²) in [7, 11) is 1.24. The predicted octanol–water partition coefficient (Wildman–Crippen LogP) is 0.361. The molecule has 20 heavy (non-hydrogen) atoms. The number of rotatable bonds is 4. The topological polar surface area (TPSA) is 99.2 Å². The number of anilines is 1. The summed E-state index contributed by atoms with van der Waals surface area (Å²) in [5, 5.41) is 7.06. The molecule has 2 atom stereocenters. The summed E-state index contributed by atoms with van der Waals surface area (Å²) < 4.78 is 5.45. The van der Waals surface area contributed by atoms with Crippen LogP contribution in [0.5, 0.6) is 0 Å². The van der Waals surface area contributed by atoms with Crippen LogP contribution in [0.2, 0.25) is 5.02 Å². The minimum Gasteiger partial charge on any atom is -0.468 e. The zero-order chi connectivity index (χ0) is 14.7. The molecule has 0 aliphatic heterocycles. The summed E-state index contributed by atoms with van der Waals surface area (Å²) in [5.41, 5.74) is 5.87. The van der Waals surface area contributed by atoms with Crippen molar-refractivity contribution in [3.63, 3.8) is 0 Å². The number of nitrogens with zero attached hydrogens (tertiary/aromatic N) is 2. The molecule has 0 bridgehead atoms. The second-order valence-electron chi connectivity index (χ2n) is 4.76. The second-order valence-corrected chi connectivity index (χ2v) is 5.13. The lowest BCUT2D eigenvalue weighted by Gasteiger charge is -2.19. The van der Waals surface area contributed by atoms with Crippen LogP contribution in [0.25, 0.3) is 0 Å². The predicted molar refractivity (Wildman–Crippen MR) is 74.8 cm³/mol. The molecule has 0 radical (unpaired) electrons. The Labute approximate surface area is 121 Å². The third-order valence-electron chi connectivity index (χ3n) is 3.40. The first-order chi connectivity index (χ1) is 9.52. The van der Waals surface area contributed by atoms with E-state index in [9.17, 15) is 9.59 Å². The third kappa shape index (κ3) is 3.10. The van der Waals surface area contributed by atoms with Gasteiger partial charge in [-0.3, -0.25) is 9.59 Å². The molecule has 0 aromatic carbocycles. The van der Waals surface area contributed by atoms with Gasteiger partial charge in [0.05, 0.1) is 19.0 Å². The van der Waals surface area contributed by atoms with Gasteiger partial charge in [-0.15, -0.1) is 0 Å². The fourth-order valence-corrected chi connectivity index (χ4v) is 2.43. The number of hydrogen-bond acceptors (Lipinski definition) is 6. The van der Waals surface area contributed by atoms with Crippen LogP contribution in [0.4, 0.5) is 5.69 Å². The van der Waals surface area contributed by atoms with Gasteiger partial charge in [-0.05, 0) is 19.3 Å². The highest BCUT2D eigenvalue weighted by Gasteiger charge is 2.25. The number of methoxy groups -OCH3 is 1. The molecule has 2 rings (SSSR count). The first kappa shape index (κ1) is 14.8. The van der Waals surface area contributed by atoms with Gasteiger partial charge in [0.15, 0.2) is 0 Å². The van der Waals surface area contributed by atoms with Crippen LogP contribution in [-0.4, -0.2) is 34.9 Å². The van der Waals surface area contributed by atoms with E-state index in [0.717, 1.165) is 23.9 Å². The van der Waals surface area contributed by atoms with Crippen molar-refractivity contribution in [2.24, 2.45) is 5.73 Å². The van der Waals surface area contributed by atoms with Crippen LogP contribution >= 0.6 is 11.6 Å². The Hall–Kier alpha value is -1.60. The van der Waals surface area contributed by atoms with Crippen molar-refractivity contribution in [1.29, 1.82) is 0 Å². The van der Waals surface area contributed by atoms with Gasteiger partial charge >= 0.3 is 5.97 Å². The van der Waals surface area contributed by atoms with E-state index in [2.05, 4.69) is 15.2 Å². The van der Waals surface area contributed by atoms with Gasteiger partial charge in [-0.1, -0.05) is 11.6 Å². The highest BCUT2D eigenvalue weighted by atomic mass is 35.5. The monoisotopic (exact) mass is 300 g/mol. The van der Waals surface area contributed by atoms with Crippen LogP contribution in [-0.2, 0) is 16.1 Å². The smallest absolute Gasteiger partial charge is 0.327 e. The third-order valence-corrected chi connectivity index (χ3v) is 3.77. The van der Waals surface area contributed by atoms with Crippen LogP contribution in [0.15, 0.2) is 11.0 Å². The molecule has 1 heterocycles. The largest absolute Gasteiger partial charge is 0.468 e. The van der Waals surface area contributed by atoms with Crippen molar-refractivity contribution in [2.45, 2.75) is 37.9 Å². The summed E-state index contributed by atoms with van der Waals surface area (Å²) in [6.45, 7) is -0.266. The summed E-state index contributed by atoms with van der Waals surface area (Å²) in [4.78, 5) is 23.1. The van der Waals surface area contributed by atoms with E-state index in [1.807, 2.05) is 0 Å². The number of carbonyl (C=O) groups excluding carboxylic acids is 1. The molecule has 7 nitrogen and oxygen atoms in total. The first-order valence-corrected chi connectivity index (χ1v) is 6.75. The molecule has 1 fully saturated rings. The van der Waals surface area contributed by atoms with E-state index in [1.54, 1.807) is 0 Å². The van der Waals surface area contributed by atoms with Crippen LogP contribution in [0.3, 0.4) is 0 Å². The molecule has 1 aromatic heterocycles. The first-order valence-electron chi connectivity index (χ1n) is 6.37.